The van der Waals surface area contributed by atoms with E-state index in [1.54, 1.807) is 0 Å². The van der Waals surface area contributed by atoms with Gasteiger partial charge in [-0.15, -0.1) is 0 Å². The standard InChI is InChI=1S/C15H21NO2/c1-2-15(17)16-9-10-18-14-8-7-12-5-3-4-6-13(12)11-14/h7-8,11H,2-6,9-10H2,1H3,(H,16,17). The van der Waals surface area contributed by atoms with E-state index >= 15 is 0 Å². The third-order valence-corrected chi connectivity index (χ3v) is 3.33. The van der Waals surface area contributed by atoms with Gasteiger partial charge in [-0.3, -0.25) is 4.79 Å². The fraction of sp³-hybridized carbons (Fsp3) is 0.533. The number of rotatable bonds is 5. The Morgan fingerprint density at radius 2 is 2.06 bits per heavy atom. The Labute approximate surface area is 109 Å². The van der Waals surface area contributed by atoms with E-state index in [1.807, 2.05) is 13.0 Å². The topological polar surface area (TPSA) is 38.3 Å². The Bertz CT molecular complexity index is 415. The third kappa shape index (κ3) is 3.49. The lowest BCUT2D eigenvalue weighted by Crippen LogP contribution is -2.27. The lowest BCUT2D eigenvalue weighted by molar-refractivity contribution is -0.120. The van der Waals surface area contributed by atoms with Crippen LogP contribution in [0.5, 0.6) is 5.75 Å². The molecule has 1 N–H and O–H groups in total. The molecule has 1 amide bonds. The van der Waals surface area contributed by atoms with E-state index in [-0.39, 0.29) is 5.91 Å². The van der Waals surface area contributed by atoms with Gasteiger partial charge in [-0.25, -0.2) is 0 Å². The molecule has 3 nitrogen and oxygen atoms in total. The zero-order chi connectivity index (χ0) is 12.8. The number of hydrogen-bond acceptors (Lipinski definition) is 2. The molecule has 1 aliphatic carbocycles. The average molecular weight is 247 g/mol. The Kier molecular flexibility index (Phi) is 4.62. The number of fused-ring (bicyclic) bond motifs is 1. The minimum Gasteiger partial charge on any atom is -0.492 e. The number of amides is 1. The van der Waals surface area contributed by atoms with Gasteiger partial charge in [-0.1, -0.05) is 13.0 Å². The maximum atomic E-state index is 11.0. The highest BCUT2D eigenvalue weighted by Crippen LogP contribution is 2.25. The van der Waals surface area contributed by atoms with Crippen LogP contribution in [0.25, 0.3) is 0 Å². The van der Waals surface area contributed by atoms with E-state index in [0.29, 0.717) is 19.6 Å². The minimum absolute atomic E-state index is 0.0732. The van der Waals surface area contributed by atoms with Crippen molar-refractivity contribution in [3.8, 4) is 5.75 Å². The molecule has 0 heterocycles. The molecule has 1 aromatic rings. The summed E-state index contributed by atoms with van der Waals surface area (Å²) in [5.74, 6) is 0.991. The van der Waals surface area contributed by atoms with Gasteiger partial charge >= 0.3 is 0 Å². The van der Waals surface area contributed by atoms with Crippen LogP contribution in [-0.2, 0) is 17.6 Å². The number of hydrogen-bond donors (Lipinski definition) is 1. The van der Waals surface area contributed by atoms with Gasteiger partial charge in [-0.2, -0.15) is 0 Å². The molecule has 0 fully saturated rings. The first-order valence-electron chi connectivity index (χ1n) is 6.81. The smallest absolute Gasteiger partial charge is 0.219 e. The first-order valence-corrected chi connectivity index (χ1v) is 6.81. The van der Waals surface area contributed by atoms with Gasteiger partial charge in [0.2, 0.25) is 5.91 Å². The van der Waals surface area contributed by atoms with E-state index in [1.165, 1.54) is 36.8 Å². The Morgan fingerprint density at radius 3 is 2.83 bits per heavy atom. The highest BCUT2D eigenvalue weighted by molar-refractivity contribution is 5.75. The molecular weight excluding hydrogens is 226 g/mol. The monoisotopic (exact) mass is 247 g/mol. The summed E-state index contributed by atoms with van der Waals surface area (Å²) >= 11 is 0. The summed E-state index contributed by atoms with van der Waals surface area (Å²) in [7, 11) is 0. The maximum Gasteiger partial charge on any atom is 0.219 e. The second kappa shape index (κ2) is 6.43. The first kappa shape index (κ1) is 12.9. The molecule has 98 valence electrons. The van der Waals surface area contributed by atoms with Crippen LogP contribution < -0.4 is 10.1 Å². The van der Waals surface area contributed by atoms with E-state index in [4.69, 9.17) is 4.74 Å². The molecule has 18 heavy (non-hydrogen) atoms. The number of nitrogens with one attached hydrogen (secondary N) is 1. The van der Waals surface area contributed by atoms with Crippen LogP contribution in [0.4, 0.5) is 0 Å². The van der Waals surface area contributed by atoms with Crippen molar-refractivity contribution in [3.63, 3.8) is 0 Å². The zero-order valence-corrected chi connectivity index (χ0v) is 11.0. The quantitative estimate of drug-likeness (QED) is 0.812. The summed E-state index contributed by atoms with van der Waals surface area (Å²) in [4.78, 5) is 11.0. The average Bonchev–Trinajstić information content (AvgIpc) is 2.43. The summed E-state index contributed by atoms with van der Waals surface area (Å²) in [6.07, 6.45) is 5.47. The number of ether oxygens (including phenoxy) is 1. The van der Waals surface area contributed by atoms with E-state index in [0.717, 1.165) is 5.75 Å². The Morgan fingerprint density at radius 1 is 1.28 bits per heavy atom. The third-order valence-electron chi connectivity index (χ3n) is 3.33. The van der Waals surface area contributed by atoms with Crippen molar-refractivity contribution in [1.82, 2.24) is 5.32 Å². The molecule has 0 saturated heterocycles. The lowest BCUT2D eigenvalue weighted by atomic mass is 9.92. The van der Waals surface area contributed by atoms with Gasteiger partial charge in [0.05, 0.1) is 6.54 Å². The molecular formula is C15H21NO2. The van der Waals surface area contributed by atoms with Gasteiger partial charge in [0, 0.05) is 6.42 Å². The molecule has 2 rings (SSSR count). The second-order valence-electron chi connectivity index (χ2n) is 4.69. The molecule has 3 heteroatoms. The SMILES string of the molecule is CCC(=O)NCCOc1ccc2c(c1)CCCC2. The largest absolute Gasteiger partial charge is 0.492 e. The van der Waals surface area contributed by atoms with Gasteiger partial charge in [0.1, 0.15) is 12.4 Å². The van der Waals surface area contributed by atoms with Crippen molar-refractivity contribution >= 4 is 5.91 Å². The summed E-state index contributed by atoms with van der Waals surface area (Å²) < 4.78 is 5.65. The van der Waals surface area contributed by atoms with Crippen molar-refractivity contribution in [3.05, 3.63) is 29.3 Å². The number of benzene rings is 1. The Balaban J connectivity index is 1.81. The van der Waals surface area contributed by atoms with Crippen LogP contribution in [0.3, 0.4) is 0 Å². The molecule has 1 aromatic carbocycles. The fourth-order valence-corrected chi connectivity index (χ4v) is 2.28. The van der Waals surface area contributed by atoms with Gasteiger partial charge in [-0.05, 0) is 48.9 Å². The van der Waals surface area contributed by atoms with Crippen LogP contribution in [0, 0.1) is 0 Å². The van der Waals surface area contributed by atoms with Crippen LogP contribution in [-0.4, -0.2) is 19.1 Å². The van der Waals surface area contributed by atoms with Crippen LogP contribution in [0.15, 0.2) is 18.2 Å². The minimum atomic E-state index is 0.0732. The van der Waals surface area contributed by atoms with Crippen LogP contribution in [0.1, 0.15) is 37.3 Å². The molecule has 0 radical (unpaired) electrons. The molecule has 0 aromatic heterocycles. The van der Waals surface area contributed by atoms with E-state index < -0.39 is 0 Å². The molecule has 0 atom stereocenters. The Hall–Kier alpha value is -1.51. The van der Waals surface area contributed by atoms with Crippen molar-refractivity contribution in [2.24, 2.45) is 0 Å². The van der Waals surface area contributed by atoms with Crippen molar-refractivity contribution in [2.75, 3.05) is 13.2 Å². The normalized spacial score (nSPS) is 13.8. The highest BCUT2D eigenvalue weighted by Gasteiger charge is 2.09. The molecule has 0 aliphatic heterocycles. The van der Waals surface area contributed by atoms with Gasteiger partial charge in [0.15, 0.2) is 0 Å². The lowest BCUT2D eigenvalue weighted by Gasteiger charge is -2.16. The van der Waals surface area contributed by atoms with Crippen molar-refractivity contribution in [2.45, 2.75) is 39.0 Å². The summed E-state index contributed by atoms with van der Waals surface area (Å²) in [5.41, 5.74) is 2.89. The summed E-state index contributed by atoms with van der Waals surface area (Å²) in [5, 5.41) is 2.80. The van der Waals surface area contributed by atoms with E-state index in [2.05, 4.69) is 17.4 Å². The van der Waals surface area contributed by atoms with Crippen LogP contribution in [0.2, 0.25) is 0 Å². The first-order chi connectivity index (χ1) is 8.79. The van der Waals surface area contributed by atoms with Crippen molar-refractivity contribution < 1.29 is 9.53 Å². The van der Waals surface area contributed by atoms with Crippen LogP contribution >= 0.6 is 0 Å². The van der Waals surface area contributed by atoms with Gasteiger partial charge in [0.25, 0.3) is 0 Å². The summed E-state index contributed by atoms with van der Waals surface area (Å²) in [6.45, 7) is 2.95. The van der Waals surface area contributed by atoms with Gasteiger partial charge < -0.3 is 10.1 Å². The predicted octanol–water partition coefficient (Wildman–Crippen LogP) is 2.47. The zero-order valence-electron chi connectivity index (χ0n) is 11.0. The number of aryl methyl sites for hydroxylation is 2. The maximum absolute atomic E-state index is 11.0. The fourth-order valence-electron chi connectivity index (χ4n) is 2.28. The number of carbonyl (C=O) groups excluding carboxylic acids is 1. The summed E-state index contributed by atoms with van der Waals surface area (Å²) in [6, 6.07) is 6.36. The molecule has 0 saturated carbocycles. The van der Waals surface area contributed by atoms with E-state index in [9.17, 15) is 4.79 Å². The number of carbonyl (C=O) groups is 1. The van der Waals surface area contributed by atoms with Crippen molar-refractivity contribution in [1.29, 1.82) is 0 Å². The second-order valence-corrected chi connectivity index (χ2v) is 4.69. The molecule has 0 bridgehead atoms. The molecule has 0 unspecified atom stereocenters. The molecule has 0 spiro atoms. The highest BCUT2D eigenvalue weighted by atomic mass is 16.5. The molecule has 1 aliphatic rings. The predicted molar refractivity (Wildman–Crippen MR) is 71.9 cm³/mol.